The molecule has 0 bridgehead atoms. The Labute approximate surface area is 112 Å². The Morgan fingerprint density at radius 1 is 1.33 bits per heavy atom. The van der Waals surface area contributed by atoms with Crippen molar-refractivity contribution in [2.45, 2.75) is 20.0 Å². The lowest BCUT2D eigenvalue weighted by atomic mass is 10.2. The first kappa shape index (κ1) is 13.0. The molecule has 0 fully saturated rings. The van der Waals surface area contributed by atoms with E-state index < -0.39 is 0 Å². The summed E-state index contributed by atoms with van der Waals surface area (Å²) < 4.78 is 0. The molecule has 0 amide bonds. The molecule has 2 rings (SSSR count). The molecular weight excluding hydrogens is 244 g/mol. The number of nitrogens with one attached hydrogen (secondary N) is 1. The lowest BCUT2D eigenvalue weighted by Crippen LogP contribution is -2.18. The van der Waals surface area contributed by atoms with Gasteiger partial charge in [-0.3, -0.25) is 0 Å². The second kappa shape index (κ2) is 6.47. The van der Waals surface area contributed by atoms with Crippen LogP contribution in [0.25, 0.3) is 0 Å². The number of aromatic nitrogens is 2. The minimum Gasteiger partial charge on any atom is -0.354 e. The predicted octanol–water partition coefficient (Wildman–Crippen LogP) is 2.28. The van der Waals surface area contributed by atoms with Gasteiger partial charge in [-0.05, 0) is 18.2 Å². The molecule has 0 aliphatic heterocycles. The molecular formula is C13H18N4S. The smallest absolute Gasteiger partial charge is 0.128 e. The normalized spacial score (nSPS) is 10.6. The maximum atomic E-state index is 4.47. The van der Waals surface area contributed by atoms with Gasteiger partial charge in [0.15, 0.2) is 0 Å². The summed E-state index contributed by atoms with van der Waals surface area (Å²) in [4.78, 5) is 10.9. The number of rotatable bonds is 6. The molecule has 0 aromatic carbocycles. The third kappa shape index (κ3) is 3.51. The molecule has 18 heavy (non-hydrogen) atoms. The molecule has 2 aromatic rings. The van der Waals surface area contributed by atoms with Crippen LogP contribution in [0.3, 0.4) is 0 Å². The van der Waals surface area contributed by atoms with Crippen molar-refractivity contribution >= 4 is 17.2 Å². The van der Waals surface area contributed by atoms with Crippen LogP contribution in [-0.2, 0) is 13.1 Å². The second-order valence-corrected chi connectivity index (χ2v) is 4.86. The van der Waals surface area contributed by atoms with Crippen LogP contribution in [0.5, 0.6) is 0 Å². The molecule has 2 aromatic heterocycles. The summed E-state index contributed by atoms with van der Waals surface area (Å²) in [7, 11) is 2.03. The Balaban J connectivity index is 1.96. The van der Waals surface area contributed by atoms with Crippen LogP contribution in [-0.4, -0.2) is 23.6 Å². The number of hydrogen-bond acceptors (Lipinski definition) is 5. The quantitative estimate of drug-likeness (QED) is 0.867. The van der Waals surface area contributed by atoms with Gasteiger partial charge in [-0.2, -0.15) is 0 Å². The summed E-state index contributed by atoms with van der Waals surface area (Å²) in [5.74, 6) is 0.975. The summed E-state index contributed by atoms with van der Waals surface area (Å²) in [5, 5.41) is 5.35. The zero-order chi connectivity index (χ0) is 12.8. The monoisotopic (exact) mass is 262 g/mol. The Kier molecular flexibility index (Phi) is 4.66. The van der Waals surface area contributed by atoms with E-state index in [0.717, 1.165) is 31.1 Å². The van der Waals surface area contributed by atoms with E-state index in [1.54, 1.807) is 11.3 Å². The summed E-state index contributed by atoms with van der Waals surface area (Å²) in [5.41, 5.74) is 4.15. The minimum atomic E-state index is 0.795. The summed E-state index contributed by atoms with van der Waals surface area (Å²) >= 11 is 1.62. The van der Waals surface area contributed by atoms with Gasteiger partial charge in [-0.15, -0.1) is 11.3 Å². The van der Waals surface area contributed by atoms with E-state index in [2.05, 4.69) is 44.6 Å². The predicted molar refractivity (Wildman–Crippen MR) is 75.8 cm³/mol. The van der Waals surface area contributed by atoms with Crippen molar-refractivity contribution in [3.05, 3.63) is 40.5 Å². The highest BCUT2D eigenvalue weighted by molar-refractivity contribution is 7.07. The first-order chi connectivity index (χ1) is 8.79. The fraction of sp³-hybridized carbons (Fsp3) is 0.385. The number of anilines is 1. The molecule has 0 radical (unpaired) electrons. The average Bonchev–Trinajstić information content (AvgIpc) is 2.89. The van der Waals surface area contributed by atoms with Gasteiger partial charge in [0.1, 0.15) is 5.82 Å². The lowest BCUT2D eigenvalue weighted by Gasteiger charge is -2.17. The Morgan fingerprint density at radius 2 is 2.22 bits per heavy atom. The van der Waals surface area contributed by atoms with Gasteiger partial charge in [-0.25, -0.2) is 9.97 Å². The number of hydrogen-bond donors (Lipinski definition) is 1. The molecule has 0 atom stereocenters. The summed E-state index contributed by atoms with van der Waals surface area (Å²) in [6, 6.07) is 4.17. The molecule has 0 spiro atoms. The summed E-state index contributed by atoms with van der Waals surface area (Å²) in [6.45, 7) is 4.75. The second-order valence-electron chi connectivity index (χ2n) is 4.14. The number of thiazole rings is 1. The first-order valence-electron chi connectivity index (χ1n) is 6.03. The van der Waals surface area contributed by atoms with Crippen LogP contribution in [0.4, 0.5) is 5.82 Å². The van der Waals surface area contributed by atoms with E-state index in [-0.39, 0.29) is 0 Å². The number of pyridine rings is 1. The largest absolute Gasteiger partial charge is 0.354 e. The fourth-order valence-electron chi connectivity index (χ4n) is 1.66. The Bertz CT molecular complexity index is 452. The van der Waals surface area contributed by atoms with Crippen molar-refractivity contribution in [2.24, 2.45) is 0 Å². The highest BCUT2D eigenvalue weighted by Gasteiger charge is 2.04. The Hall–Kier alpha value is -1.46. The zero-order valence-electron chi connectivity index (χ0n) is 10.8. The summed E-state index contributed by atoms with van der Waals surface area (Å²) in [6.07, 6.45) is 1.93. The van der Waals surface area contributed by atoms with Crippen LogP contribution in [0, 0.1) is 0 Å². The molecule has 0 aliphatic rings. The molecule has 5 heteroatoms. The van der Waals surface area contributed by atoms with E-state index in [1.807, 2.05) is 18.8 Å². The van der Waals surface area contributed by atoms with Crippen molar-refractivity contribution in [1.82, 2.24) is 15.3 Å². The van der Waals surface area contributed by atoms with Crippen molar-refractivity contribution in [3.8, 4) is 0 Å². The van der Waals surface area contributed by atoms with E-state index in [9.17, 15) is 0 Å². The molecule has 2 heterocycles. The standard InChI is InChI=1S/C13H18N4S/c1-3-14-6-11-4-5-13(15-7-11)17(2)8-12-9-18-10-16-12/h4-5,7,9-10,14H,3,6,8H2,1-2H3. The van der Waals surface area contributed by atoms with Gasteiger partial charge in [0.2, 0.25) is 0 Å². The van der Waals surface area contributed by atoms with Crippen molar-refractivity contribution in [1.29, 1.82) is 0 Å². The molecule has 4 nitrogen and oxygen atoms in total. The van der Waals surface area contributed by atoms with Crippen LogP contribution in [0.2, 0.25) is 0 Å². The van der Waals surface area contributed by atoms with Crippen LogP contribution < -0.4 is 10.2 Å². The molecule has 1 N–H and O–H groups in total. The van der Waals surface area contributed by atoms with E-state index in [4.69, 9.17) is 0 Å². The molecule has 0 unspecified atom stereocenters. The van der Waals surface area contributed by atoms with E-state index in [0.29, 0.717) is 0 Å². The van der Waals surface area contributed by atoms with Gasteiger partial charge in [0, 0.05) is 25.2 Å². The molecule has 0 aliphatic carbocycles. The van der Waals surface area contributed by atoms with E-state index >= 15 is 0 Å². The lowest BCUT2D eigenvalue weighted by molar-refractivity contribution is 0.723. The van der Waals surface area contributed by atoms with Gasteiger partial charge in [0.05, 0.1) is 17.7 Å². The molecule has 96 valence electrons. The molecule has 0 saturated heterocycles. The third-order valence-electron chi connectivity index (χ3n) is 2.66. The maximum Gasteiger partial charge on any atom is 0.128 e. The zero-order valence-corrected chi connectivity index (χ0v) is 11.6. The van der Waals surface area contributed by atoms with Gasteiger partial charge in [-0.1, -0.05) is 13.0 Å². The minimum absolute atomic E-state index is 0.795. The third-order valence-corrected chi connectivity index (χ3v) is 3.30. The van der Waals surface area contributed by atoms with Gasteiger partial charge >= 0.3 is 0 Å². The fourth-order valence-corrected chi connectivity index (χ4v) is 2.21. The van der Waals surface area contributed by atoms with Crippen molar-refractivity contribution in [3.63, 3.8) is 0 Å². The first-order valence-corrected chi connectivity index (χ1v) is 6.97. The van der Waals surface area contributed by atoms with Gasteiger partial charge < -0.3 is 10.2 Å². The van der Waals surface area contributed by atoms with E-state index in [1.165, 1.54) is 5.56 Å². The average molecular weight is 262 g/mol. The van der Waals surface area contributed by atoms with Crippen LogP contribution in [0.1, 0.15) is 18.2 Å². The highest BCUT2D eigenvalue weighted by Crippen LogP contribution is 2.13. The number of nitrogens with zero attached hydrogens (tertiary/aromatic N) is 3. The Morgan fingerprint density at radius 3 is 2.83 bits per heavy atom. The van der Waals surface area contributed by atoms with Crippen molar-refractivity contribution in [2.75, 3.05) is 18.5 Å². The maximum absolute atomic E-state index is 4.47. The van der Waals surface area contributed by atoms with Crippen molar-refractivity contribution < 1.29 is 0 Å². The van der Waals surface area contributed by atoms with Crippen LogP contribution in [0.15, 0.2) is 29.2 Å². The highest BCUT2D eigenvalue weighted by atomic mass is 32.1. The topological polar surface area (TPSA) is 41.0 Å². The molecule has 0 saturated carbocycles. The van der Waals surface area contributed by atoms with Gasteiger partial charge in [0.25, 0.3) is 0 Å². The van der Waals surface area contributed by atoms with Crippen LogP contribution >= 0.6 is 11.3 Å². The SMILES string of the molecule is CCNCc1ccc(N(C)Cc2cscn2)nc1.